The Hall–Kier alpha value is -1.27. The van der Waals surface area contributed by atoms with E-state index in [1.54, 1.807) is 12.1 Å². The second kappa shape index (κ2) is 8.61. The Morgan fingerprint density at radius 1 is 0.731 bits per heavy atom. The van der Waals surface area contributed by atoms with Crippen LogP contribution in [0, 0.1) is 0 Å². The van der Waals surface area contributed by atoms with E-state index in [0.29, 0.717) is 11.0 Å². The molecule has 142 valence electrons. The van der Waals surface area contributed by atoms with Crippen molar-refractivity contribution in [2.24, 2.45) is 0 Å². The Kier molecular flexibility index (Phi) is 6.00. The summed E-state index contributed by atoms with van der Waals surface area (Å²) < 4.78 is 8.39. The molecule has 1 aromatic carbocycles. The zero-order chi connectivity index (χ0) is 17.8. The third-order valence-corrected chi connectivity index (χ3v) is 8.06. The molecule has 3 saturated heterocycles. The minimum absolute atomic E-state index is 0.0640. The fourth-order valence-electron chi connectivity index (χ4n) is 4.03. The molecule has 3 aliphatic heterocycles. The van der Waals surface area contributed by atoms with Crippen LogP contribution in [0.3, 0.4) is 0 Å². The highest BCUT2D eigenvalue weighted by Gasteiger charge is 2.35. The number of nitrogens with zero attached hydrogens (tertiary/aromatic N) is 6. The summed E-state index contributed by atoms with van der Waals surface area (Å²) in [5, 5.41) is 16.1. The number of hydrogen-bond acceptors (Lipinski definition) is 6. The standard InChI is InChI=1S/C12H24N3P.C6H5N3O/c1-2-8-13(7-1)16(14-9-3-4-10-14)15-11-5-6-12-15;10-9-6-4-2-1-3-5(6)7-8-9/h1-12H2;1-4,10H. The maximum atomic E-state index is 8.95. The van der Waals surface area contributed by atoms with Gasteiger partial charge < -0.3 is 5.21 Å². The van der Waals surface area contributed by atoms with Crippen molar-refractivity contribution >= 4 is 19.4 Å². The minimum Gasteiger partial charge on any atom is -0.410 e. The number of benzene rings is 1. The molecule has 0 atom stereocenters. The summed E-state index contributed by atoms with van der Waals surface area (Å²) in [5.74, 6) is 0. The number of fused-ring (bicyclic) bond motifs is 1. The van der Waals surface area contributed by atoms with Gasteiger partial charge in [-0.1, -0.05) is 17.0 Å². The molecule has 0 aliphatic carbocycles. The van der Waals surface area contributed by atoms with Gasteiger partial charge >= 0.3 is 0 Å². The predicted octanol–water partition coefficient (Wildman–Crippen LogP) is 3.17. The van der Waals surface area contributed by atoms with Crippen LogP contribution in [0.1, 0.15) is 38.5 Å². The van der Waals surface area contributed by atoms with Crippen LogP contribution in [0.4, 0.5) is 0 Å². The lowest BCUT2D eigenvalue weighted by Crippen LogP contribution is -2.34. The van der Waals surface area contributed by atoms with Crippen LogP contribution >= 0.6 is 8.37 Å². The maximum absolute atomic E-state index is 8.95. The van der Waals surface area contributed by atoms with E-state index in [2.05, 4.69) is 24.3 Å². The van der Waals surface area contributed by atoms with Gasteiger partial charge in [-0.3, -0.25) is 14.0 Å². The molecule has 0 bridgehead atoms. The number of rotatable bonds is 3. The lowest BCUT2D eigenvalue weighted by molar-refractivity contribution is 0.155. The Balaban J connectivity index is 0.000000144. The van der Waals surface area contributed by atoms with Crippen LogP contribution in [-0.4, -0.2) is 73.6 Å². The molecule has 0 saturated carbocycles. The summed E-state index contributed by atoms with van der Waals surface area (Å²) >= 11 is 0. The molecule has 26 heavy (non-hydrogen) atoms. The van der Waals surface area contributed by atoms with Gasteiger partial charge in [0, 0.05) is 39.3 Å². The fourth-order valence-corrected chi connectivity index (χ4v) is 7.03. The van der Waals surface area contributed by atoms with Gasteiger partial charge in [0.2, 0.25) is 0 Å². The van der Waals surface area contributed by atoms with Crippen LogP contribution in [0.15, 0.2) is 24.3 Å². The molecule has 8 heteroatoms. The van der Waals surface area contributed by atoms with Crippen LogP contribution < -0.4 is 0 Å². The van der Waals surface area contributed by atoms with Gasteiger partial charge in [0.25, 0.3) is 0 Å². The zero-order valence-electron chi connectivity index (χ0n) is 15.4. The van der Waals surface area contributed by atoms with E-state index >= 15 is 0 Å². The third kappa shape index (κ3) is 4.01. The molecule has 7 nitrogen and oxygen atoms in total. The lowest BCUT2D eigenvalue weighted by atomic mass is 10.3. The van der Waals surface area contributed by atoms with Crippen molar-refractivity contribution in [3.63, 3.8) is 0 Å². The van der Waals surface area contributed by atoms with Gasteiger partial charge in [0.1, 0.15) is 19.4 Å². The second-order valence-corrected chi connectivity index (χ2v) is 9.45. The summed E-state index contributed by atoms with van der Waals surface area (Å²) in [5.41, 5.74) is 1.33. The molecule has 1 N–H and O–H groups in total. The zero-order valence-corrected chi connectivity index (χ0v) is 16.3. The quantitative estimate of drug-likeness (QED) is 0.656. The van der Waals surface area contributed by atoms with E-state index in [4.69, 9.17) is 5.21 Å². The van der Waals surface area contributed by atoms with E-state index in [1.165, 1.54) is 77.8 Å². The highest BCUT2D eigenvalue weighted by atomic mass is 31.2. The molecule has 4 heterocycles. The van der Waals surface area contributed by atoms with Gasteiger partial charge in [-0.2, -0.15) is 0 Å². The topological polar surface area (TPSA) is 60.7 Å². The molecular formula is C18H29N6OP. The first-order chi connectivity index (χ1) is 12.8. The predicted molar refractivity (Wildman–Crippen MR) is 104 cm³/mol. The summed E-state index contributed by atoms with van der Waals surface area (Å²) in [6.45, 7) is 8.16. The van der Waals surface area contributed by atoms with Gasteiger partial charge in [0.05, 0.1) is 0 Å². The lowest BCUT2D eigenvalue weighted by Gasteiger charge is -2.40. The smallest absolute Gasteiger partial charge is 0.130 e. The molecule has 0 unspecified atom stereocenters. The molecule has 5 rings (SSSR count). The Morgan fingerprint density at radius 3 is 1.65 bits per heavy atom. The molecule has 0 radical (unpaired) electrons. The van der Waals surface area contributed by atoms with E-state index in [9.17, 15) is 0 Å². The number of para-hydroxylation sites is 1. The van der Waals surface area contributed by atoms with Crippen LogP contribution in [-0.2, 0) is 0 Å². The molecule has 3 fully saturated rings. The first-order valence-electron chi connectivity index (χ1n) is 9.87. The van der Waals surface area contributed by atoms with Crippen molar-refractivity contribution in [3.05, 3.63) is 24.3 Å². The average Bonchev–Trinajstić information content (AvgIpc) is 3.47. The van der Waals surface area contributed by atoms with Gasteiger partial charge in [-0.25, -0.2) is 0 Å². The summed E-state index contributed by atoms with van der Waals surface area (Å²) in [7, 11) is -0.0640. The van der Waals surface area contributed by atoms with Crippen molar-refractivity contribution in [1.29, 1.82) is 0 Å². The van der Waals surface area contributed by atoms with E-state index in [-0.39, 0.29) is 8.37 Å². The van der Waals surface area contributed by atoms with Crippen LogP contribution in [0.2, 0.25) is 0 Å². The molecule has 1 aromatic heterocycles. The highest BCUT2D eigenvalue weighted by molar-refractivity contribution is 7.50. The maximum Gasteiger partial charge on any atom is 0.130 e. The largest absolute Gasteiger partial charge is 0.410 e. The molecular weight excluding hydrogens is 347 g/mol. The average molecular weight is 376 g/mol. The normalized spacial score (nSPS) is 22.3. The van der Waals surface area contributed by atoms with Crippen molar-refractivity contribution in [1.82, 2.24) is 29.2 Å². The SMILES string of the molecule is C1CCN(P(N2CCCC2)N2CCCC2)C1.On1nnc2ccccc21. The fraction of sp³-hybridized carbons (Fsp3) is 0.667. The molecule has 0 spiro atoms. The van der Waals surface area contributed by atoms with Crippen LogP contribution in [0.5, 0.6) is 0 Å². The van der Waals surface area contributed by atoms with Crippen molar-refractivity contribution < 1.29 is 5.21 Å². The third-order valence-electron chi connectivity index (χ3n) is 5.34. The first-order valence-corrected chi connectivity index (χ1v) is 11.1. The van der Waals surface area contributed by atoms with E-state index in [1.807, 2.05) is 12.1 Å². The molecule has 3 aliphatic rings. The van der Waals surface area contributed by atoms with Gasteiger partial charge in [0.15, 0.2) is 0 Å². The first kappa shape index (κ1) is 18.1. The Morgan fingerprint density at radius 2 is 1.19 bits per heavy atom. The van der Waals surface area contributed by atoms with Gasteiger partial charge in [-0.05, 0) is 55.9 Å². The number of hydrogen-bond donors (Lipinski definition) is 1. The van der Waals surface area contributed by atoms with E-state index in [0.717, 1.165) is 4.85 Å². The highest BCUT2D eigenvalue weighted by Crippen LogP contribution is 2.52. The van der Waals surface area contributed by atoms with Crippen molar-refractivity contribution in [2.45, 2.75) is 38.5 Å². The summed E-state index contributed by atoms with van der Waals surface area (Å²) in [6.07, 6.45) is 8.59. The monoisotopic (exact) mass is 376 g/mol. The Bertz CT molecular complexity index is 654. The van der Waals surface area contributed by atoms with Crippen molar-refractivity contribution in [2.75, 3.05) is 39.3 Å². The molecule has 0 amide bonds. The van der Waals surface area contributed by atoms with Crippen molar-refractivity contribution in [3.8, 4) is 0 Å². The van der Waals surface area contributed by atoms with E-state index < -0.39 is 0 Å². The number of aromatic nitrogens is 3. The molecule has 2 aromatic rings. The summed E-state index contributed by atoms with van der Waals surface area (Å²) in [4.78, 5) is 0.759. The minimum atomic E-state index is -0.0640. The summed E-state index contributed by atoms with van der Waals surface area (Å²) in [6, 6.07) is 7.19. The Labute approximate surface area is 156 Å². The van der Waals surface area contributed by atoms with Gasteiger partial charge in [-0.15, -0.1) is 5.10 Å². The van der Waals surface area contributed by atoms with Crippen LogP contribution in [0.25, 0.3) is 11.0 Å². The second-order valence-electron chi connectivity index (χ2n) is 7.22.